The summed E-state index contributed by atoms with van der Waals surface area (Å²) in [5, 5.41) is 12.6. The van der Waals surface area contributed by atoms with E-state index in [2.05, 4.69) is 25.3 Å². The molecule has 0 aliphatic carbocycles. The van der Waals surface area contributed by atoms with Crippen molar-refractivity contribution < 1.29 is 4.74 Å². The quantitative estimate of drug-likeness (QED) is 0.447. The second kappa shape index (κ2) is 7.71. The number of rotatable bonds is 5. The second-order valence-corrected chi connectivity index (χ2v) is 6.85. The van der Waals surface area contributed by atoms with Gasteiger partial charge in [-0.3, -0.25) is 9.67 Å². The lowest BCUT2D eigenvalue weighted by molar-refractivity contribution is 0.302. The van der Waals surface area contributed by atoms with Crippen molar-refractivity contribution in [2.45, 2.75) is 6.61 Å². The van der Waals surface area contributed by atoms with Crippen molar-refractivity contribution in [1.29, 1.82) is 0 Å². The Labute approximate surface area is 173 Å². The van der Waals surface area contributed by atoms with Gasteiger partial charge >= 0.3 is 0 Å². The maximum atomic E-state index is 5.92. The van der Waals surface area contributed by atoms with Crippen LogP contribution in [0.4, 0.5) is 0 Å². The highest BCUT2D eigenvalue weighted by Gasteiger charge is 2.12. The van der Waals surface area contributed by atoms with Crippen LogP contribution in [-0.2, 0) is 13.7 Å². The fourth-order valence-corrected chi connectivity index (χ4v) is 3.31. The molecular weight excluding hydrogens is 376 g/mol. The zero-order valence-corrected chi connectivity index (χ0v) is 16.3. The van der Waals surface area contributed by atoms with Crippen molar-refractivity contribution in [2.75, 3.05) is 0 Å². The van der Waals surface area contributed by atoms with Crippen LogP contribution in [0.1, 0.15) is 5.69 Å². The summed E-state index contributed by atoms with van der Waals surface area (Å²) in [6.45, 7) is 0.378. The molecule has 0 saturated heterocycles. The third kappa shape index (κ3) is 3.60. The van der Waals surface area contributed by atoms with Gasteiger partial charge in [-0.05, 0) is 60.2 Å². The van der Waals surface area contributed by atoms with Gasteiger partial charge in [0.05, 0.1) is 17.4 Å². The monoisotopic (exact) mass is 394 g/mol. The third-order valence-electron chi connectivity index (χ3n) is 4.76. The third-order valence-corrected chi connectivity index (χ3v) is 4.76. The van der Waals surface area contributed by atoms with Crippen LogP contribution in [0.3, 0.4) is 0 Å². The van der Waals surface area contributed by atoms with Gasteiger partial charge in [0.2, 0.25) is 0 Å². The van der Waals surface area contributed by atoms with Crippen molar-refractivity contribution in [1.82, 2.24) is 29.9 Å². The largest absolute Gasteiger partial charge is 0.487 e. The lowest BCUT2D eigenvalue weighted by Crippen LogP contribution is -1.99. The molecule has 0 N–H and O–H groups in total. The average molecular weight is 394 g/mol. The Hall–Kier alpha value is -4.13. The van der Waals surface area contributed by atoms with E-state index in [1.54, 1.807) is 18.6 Å². The van der Waals surface area contributed by atoms with E-state index in [0.717, 1.165) is 44.9 Å². The molecule has 0 spiro atoms. The van der Waals surface area contributed by atoms with E-state index >= 15 is 0 Å². The molecule has 0 fully saturated rings. The topological polar surface area (TPSA) is 78.6 Å². The van der Waals surface area contributed by atoms with Gasteiger partial charge in [-0.25, -0.2) is 4.98 Å². The minimum atomic E-state index is 0.378. The zero-order valence-electron chi connectivity index (χ0n) is 16.3. The average Bonchev–Trinajstić information content (AvgIpc) is 3.20. The fourth-order valence-electron chi connectivity index (χ4n) is 3.31. The van der Waals surface area contributed by atoms with Crippen LogP contribution in [0.15, 0.2) is 79.4 Å². The summed E-state index contributed by atoms with van der Waals surface area (Å²) in [5.41, 5.74) is 6.51. The summed E-state index contributed by atoms with van der Waals surface area (Å²) in [6, 6.07) is 17.6. The molecule has 0 unspecified atom stereocenters. The molecule has 0 amide bonds. The number of fused-ring (bicyclic) bond motifs is 1. The highest BCUT2D eigenvalue weighted by Crippen LogP contribution is 2.31. The number of hydrogen-bond acceptors (Lipinski definition) is 6. The van der Waals surface area contributed by atoms with E-state index in [9.17, 15) is 0 Å². The Morgan fingerprint density at radius 2 is 1.67 bits per heavy atom. The fraction of sp³-hybridized carbons (Fsp3) is 0.0870. The molecule has 5 rings (SSSR count). The molecule has 1 aromatic carbocycles. The van der Waals surface area contributed by atoms with Gasteiger partial charge in [-0.15, -0.1) is 5.10 Å². The van der Waals surface area contributed by atoms with E-state index < -0.39 is 0 Å². The van der Waals surface area contributed by atoms with Gasteiger partial charge in [-0.2, -0.15) is 10.2 Å². The molecule has 146 valence electrons. The Morgan fingerprint density at radius 1 is 0.833 bits per heavy atom. The standard InChI is InChI=1S/C23H18N6O/c1-29-14-20(16-8-11-24-12-9-16)23(28-29)17-2-5-19(6-3-17)30-15-18-4-7-22-21(26-18)10-13-25-27-22/h2-14H,15H2,1H3. The number of ether oxygens (including phenoxy) is 1. The van der Waals surface area contributed by atoms with Crippen LogP contribution in [0.5, 0.6) is 5.75 Å². The number of nitrogens with zero attached hydrogens (tertiary/aromatic N) is 6. The lowest BCUT2D eigenvalue weighted by atomic mass is 10.0. The lowest BCUT2D eigenvalue weighted by Gasteiger charge is -2.08. The summed E-state index contributed by atoms with van der Waals surface area (Å²) >= 11 is 0. The van der Waals surface area contributed by atoms with Gasteiger partial charge in [-0.1, -0.05) is 0 Å². The zero-order chi connectivity index (χ0) is 20.3. The first-order valence-corrected chi connectivity index (χ1v) is 9.51. The van der Waals surface area contributed by atoms with E-state index in [1.807, 2.05) is 72.5 Å². The van der Waals surface area contributed by atoms with Crippen molar-refractivity contribution in [3.05, 3.63) is 85.1 Å². The molecule has 0 aliphatic heterocycles. The Kier molecular flexibility index (Phi) is 4.61. The number of aryl methyl sites for hydroxylation is 1. The number of benzene rings is 1. The highest BCUT2D eigenvalue weighted by molar-refractivity contribution is 5.80. The number of pyridine rings is 2. The van der Waals surface area contributed by atoms with E-state index in [0.29, 0.717) is 6.61 Å². The molecule has 0 bridgehead atoms. The summed E-state index contributed by atoms with van der Waals surface area (Å²) in [5.74, 6) is 0.773. The summed E-state index contributed by atoms with van der Waals surface area (Å²) < 4.78 is 7.74. The highest BCUT2D eigenvalue weighted by atomic mass is 16.5. The predicted molar refractivity (Wildman–Crippen MR) is 114 cm³/mol. The minimum absolute atomic E-state index is 0.378. The van der Waals surface area contributed by atoms with E-state index in [-0.39, 0.29) is 0 Å². The van der Waals surface area contributed by atoms with Crippen molar-refractivity contribution in [2.24, 2.45) is 7.05 Å². The minimum Gasteiger partial charge on any atom is -0.487 e. The van der Waals surface area contributed by atoms with Gasteiger partial charge in [0.1, 0.15) is 23.6 Å². The van der Waals surface area contributed by atoms with Crippen molar-refractivity contribution in [3.63, 3.8) is 0 Å². The van der Waals surface area contributed by atoms with E-state index in [4.69, 9.17) is 4.74 Å². The first-order chi connectivity index (χ1) is 14.8. The van der Waals surface area contributed by atoms with Gasteiger partial charge in [0, 0.05) is 36.8 Å². The Balaban J connectivity index is 1.35. The predicted octanol–water partition coefficient (Wildman–Crippen LogP) is 4.07. The van der Waals surface area contributed by atoms with Crippen LogP contribution in [0, 0.1) is 0 Å². The van der Waals surface area contributed by atoms with Crippen LogP contribution >= 0.6 is 0 Å². The van der Waals surface area contributed by atoms with Crippen molar-refractivity contribution in [3.8, 4) is 28.1 Å². The van der Waals surface area contributed by atoms with E-state index in [1.165, 1.54) is 0 Å². The maximum Gasteiger partial charge on any atom is 0.130 e. The second-order valence-electron chi connectivity index (χ2n) is 6.85. The molecular formula is C23H18N6O. The molecule has 5 aromatic rings. The molecule has 0 saturated carbocycles. The Bertz CT molecular complexity index is 1300. The first-order valence-electron chi connectivity index (χ1n) is 9.51. The van der Waals surface area contributed by atoms with Gasteiger partial charge < -0.3 is 4.74 Å². The molecule has 30 heavy (non-hydrogen) atoms. The molecule has 7 heteroatoms. The van der Waals surface area contributed by atoms with Crippen LogP contribution in [0.25, 0.3) is 33.4 Å². The molecule has 4 aromatic heterocycles. The summed E-state index contributed by atoms with van der Waals surface area (Å²) in [6.07, 6.45) is 7.23. The van der Waals surface area contributed by atoms with Crippen LogP contribution < -0.4 is 4.74 Å². The molecule has 0 atom stereocenters. The van der Waals surface area contributed by atoms with Crippen LogP contribution in [0.2, 0.25) is 0 Å². The normalized spacial score (nSPS) is 11.0. The van der Waals surface area contributed by atoms with Crippen molar-refractivity contribution >= 4 is 11.0 Å². The molecule has 0 aliphatic rings. The number of aromatic nitrogens is 6. The molecule has 7 nitrogen and oxygen atoms in total. The molecule has 0 radical (unpaired) electrons. The first kappa shape index (κ1) is 17.9. The summed E-state index contributed by atoms with van der Waals surface area (Å²) in [4.78, 5) is 8.66. The number of hydrogen-bond donors (Lipinski definition) is 0. The molecule has 4 heterocycles. The smallest absolute Gasteiger partial charge is 0.130 e. The van der Waals surface area contributed by atoms with Gasteiger partial charge in [0.15, 0.2) is 0 Å². The summed E-state index contributed by atoms with van der Waals surface area (Å²) in [7, 11) is 1.92. The SMILES string of the molecule is Cn1cc(-c2ccncc2)c(-c2ccc(OCc3ccc4nnccc4n3)cc2)n1. The Morgan fingerprint density at radius 3 is 2.50 bits per heavy atom. The maximum absolute atomic E-state index is 5.92. The van der Waals surface area contributed by atoms with Gasteiger partial charge in [0.25, 0.3) is 0 Å². The van der Waals surface area contributed by atoms with Crippen LogP contribution in [-0.4, -0.2) is 29.9 Å².